The van der Waals surface area contributed by atoms with Crippen LogP contribution in [0.1, 0.15) is 44.1 Å². The van der Waals surface area contributed by atoms with Gasteiger partial charge in [0.25, 0.3) is 5.91 Å². The summed E-state index contributed by atoms with van der Waals surface area (Å²) in [7, 11) is 0. The summed E-state index contributed by atoms with van der Waals surface area (Å²) < 4.78 is 16.4. The van der Waals surface area contributed by atoms with Gasteiger partial charge in [-0.25, -0.2) is 13.9 Å². The maximum absolute atomic E-state index is 14.8. The lowest BCUT2D eigenvalue weighted by molar-refractivity contribution is 0.0932. The first-order valence-corrected chi connectivity index (χ1v) is 12.2. The third-order valence-corrected chi connectivity index (χ3v) is 6.26. The van der Waals surface area contributed by atoms with E-state index >= 15 is 0 Å². The third kappa shape index (κ3) is 5.74. The number of rotatable bonds is 10. The topological polar surface area (TPSA) is 62.5 Å². The van der Waals surface area contributed by atoms with Gasteiger partial charge in [0.15, 0.2) is 5.65 Å². The molecule has 0 aliphatic rings. The van der Waals surface area contributed by atoms with Gasteiger partial charge in [0, 0.05) is 23.2 Å². The Morgan fingerprint density at radius 1 is 1.06 bits per heavy atom. The highest BCUT2D eigenvalue weighted by molar-refractivity contribution is 5.94. The fourth-order valence-electron chi connectivity index (χ4n) is 4.23. The predicted molar refractivity (Wildman–Crippen MR) is 138 cm³/mol. The Kier molecular flexibility index (Phi) is 7.87. The van der Waals surface area contributed by atoms with Crippen LogP contribution in [0.3, 0.4) is 0 Å². The maximum Gasteiger partial charge on any atom is 0.270 e. The minimum absolute atomic E-state index is 0.00205. The van der Waals surface area contributed by atoms with Gasteiger partial charge < -0.3 is 10.2 Å². The van der Waals surface area contributed by atoms with Gasteiger partial charge >= 0.3 is 0 Å². The highest BCUT2D eigenvalue weighted by Crippen LogP contribution is 2.27. The van der Waals surface area contributed by atoms with Crippen molar-refractivity contribution in [2.24, 2.45) is 0 Å². The zero-order valence-corrected chi connectivity index (χ0v) is 20.5. The summed E-state index contributed by atoms with van der Waals surface area (Å²) in [4.78, 5) is 20.1. The van der Waals surface area contributed by atoms with E-state index in [9.17, 15) is 9.18 Å². The van der Waals surface area contributed by atoms with E-state index < -0.39 is 0 Å². The molecule has 0 aliphatic carbocycles. The molecule has 0 aliphatic heterocycles. The Morgan fingerprint density at radius 3 is 2.49 bits per heavy atom. The van der Waals surface area contributed by atoms with Crippen LogP contribution >= 0.6 is 0 Å². The molecular formula is C28H32FN5O. The van der Waals surface area contributed by atoms with Crippen molar-refractivity contribution >= 4 is 11.6 Å². The fraction of sp³-hybridized carbons (Fsp3) is 0.321. The lowest BCUT2D eigenvalue weighted by atomic mass is 10.1. The number of halogens is 1. The molecule has 0 radical (unpaired) electrons. The molecule has 0 fully saturated rings. The minimum atomic E-state index is -0.382. The quantitative estimate of drug-likeness (QED) is 0.333. The van der Waals surface area contributed by atoms with E-state index in [0.29, 0.717) is 22.6 Å². The van der Waals surface area contributed by atoms with Gasteiger partial charge in [-0.15, -0.1) is 0 Å². The average Bonchev–Trinajstić information content (AvgIpc) is 3.31. The molecule has 35 heavy (non-hydrogen) atoms. The molecule has 1 unspecified atom stereocenters. The number of benzene rings is 2. The van der Waals surface area contributed by atoms with Gasteiger partial charge in [0.05, 0.1) is 11.4 Å². The van der Waals surface area contributed by atoms with Crippen molar-refractivity contribution in [3.8, 4) is 22.5 Å². The zero-order valence-electron chi connectivity index (χ0n) is 20.5. The van der Waals surface area contributed by atoms with Crippen molar-refractivity contribution in [3.05, 3.63) is 78.2 Å². The smallest absolute Gasteiger partial charge is 0.270 e. The molecular weight excluding hydrogens is 441 g/mol. The van der Waals surface area contributed by atoms with Crippen molar-refractivity contribution < 1.29 is 9.18 Å². The normalized spacial score (nSPS) is 12.3. The second-order valence-corrected chi connectivity index (χ2v) is 8.72. The van der Waals surface area contributed by atoms with E-state index in [2.05, 4.69) is 34.1 Å². The largest absolute Gasteiger partial charge is 0.348 e. The van der Waals surface area contributed by atoms with Gasteiger partial charge in [-0.3, -0.25) is 4.79 Å². The van der Waals surface area contributed by atoms with Crippen molar-refractivity contribution in [3.63, 3.8) is 0 Å². The van der Waals surface area contributed by atoms with Crippen molar-refractivity contribution in [1.82, 2.24) is 24.8 Å². The number of nitrogens with one attached hydrogen (secondary N) is 1. The molecule has 2 aromatic carbocycles. The summed E-state index contributed by atoms with van der Waals surface area (Å²) in [6.07, 6.45) is 1.87. The molecule has 0 bridgehead atoms. The zero-order chi connectivity index (χ0) is 24.8. The van der Waals surface area contributed by atoms with Crippen LogP contribution < -0.4 is 5.32 Å². The average molecular weight is 474 g/mol. The summed E-state index contributed by atoms with van der Waals surface area (Å²) in [5.41, 5.74) is 3.21. The van der Waals surface area contributed by atoms with E-state index in [1.807, 2.05) is 43.3 Å². The van der Waals surface area contributed by atoms with Crippen LogP contribution in [0.4, 0.5) is 4.39 Å². The Labute approximate surface area is 205 Å². The maximum atomic E-state index is 14.8. The number of carbonyl (C=O) groups excluding carboxylic acids is 1. The fourth-order valence-corrected chi connectivity index (χ4v) is 4.23. The van der Waals surface area contributed by atoms with Gasteiger partial charge in [-0.1, -0.05) is 56.3 Å². The van der Waals surface area contributed by atoms with Crippen LogP contribution in [0, 0.1) is 5.82 Å². The first kappa shape index (κ1) is 24.5. The highest BCUT2D eigenvalue weighted by atomic mass is 19.1. The van der Waals surface area contributed by atoms with E-state index in [1.165, 1.54) is 6.07 Å². The highest BCUT2D eigenvalue weighted by Gasteiger charge is 2.19. The van der Waals surface area contributed by atoms with Crippen LogP contribution in [-0.2, 0) is 0 Å². The van der Waals surface area contributed by atoms with Gasteiger partial charge in [-0.2, -0.15) is 5.10 Å². The number of amides is 1. The summed E-state index contributed by atoms with van der Waals surface area (Å²) in [6, 6.07) is 19.7. The summed E-state index contributed by atoms with van der Waals surface area (Å²) in [6.45, 7) is 9.37. The molecule has 182 valence electrons. The standard InChI is InChI=1S/C28H32FN5O/c1-4-33(5-2)17-11-12-20(3)30-28(35)25-18-26(22-15-9-10-16-23(22)29)34-27(31-25)19-24(32-34)21-13-7-6-8-14-21/h6-10,13-16,18-20H,4-5,11-12,17H2,1-3H3,(H,30,35). The van der Waals surface area contributed by atoms with Crippen LogP contribution in [0.2, 0.25) is 0 Å². The Morgan fingerprint density at radius 2 is 1.77 bits per heavy atom. The van der Waals surface area contributed by atoms with E-state index in [-0.39, 0.29) is 23.5 Å². The number of carbonyl (C=O) groups is 1. The number of aromatic nitrogens is 3. The molecule has 1 amide bonds. The lowest BCUT2D eigenvalue weighted by Crippen LogP contribution is -2.34. The molecule has 1 N–H and O–H groups in total. The minimum Gasteiger partial charge on any atom is -0.348 e. The molecule has 0 spiro atoms. The number of hydrogen-bond donors (Lipinski definition) is 1. The number of fused-ring (bicyclic) bond motifs is 1. The van der Waals surface area contributed by atoms with Crippen LogP contribution in [0.25, 0.3) is 28.2 Å². The predicted octanol–water partition coefficient (Wildman–Crippen LogP) is 5.44. The number of hydrogen-bond acceptors (Lipinski definition) is 4. The number of nitrogens with zero attached hydrogens (tertiary/aromatic N) is 4. The van der Waals surface area contributed by atoms with Gasteiger partial charge in [0.2, 0.25) is 0 Å². The summed E-state index contributed by atoms with van der Waals surface area (Å²) in [5, 5.41) is 7.75. The Bertz CT molecular complexity index is 1280. The molecule has 1 atom stereocenters. The van der Waals surface area contributed by atoms with Crippen LogP contribution in [0.15, 0.2) is 66.7 Å². The van der Waals surface area contributed by atoms with E-state index in [0.717, 1.165) is 38.0 Å². The van der Waals surface area contributed by atoms with E-state index in [1.54, 1.807) is 28.8 Å². The summed E-state index contributed by atoms with van der Waals surface area (Å²) >= 11 is 0. The molecule has 0 saturated heterocycles. The molecule has 2 aromatic heterocycles. The summed E-state index contributed by atoms with van der Waals surface area (Å²) in [5.74, 6) is -0.657. The monoisotopic (exact) mass is 473 g/mol. The van der Waals surface area contributed by atoms with Crippen molar-refractivity contribution in [2.45, 2.75) is 39.7 Å². The third-order valence-electron chi connectivity index (χ3n) is 6.26. The Balaban J connectivity index is 1.64. The molecule has 6 nitrogen and oxygen atoms in total. The van der Waals surface area contributed by atoms with Crippen LogP contribution in [0.5, 0.6) is 0 Å². The molecule has 2 heterocycles. The molecule has 4 rings (SSSR count). The van der Waals surface area contributed by atoms with Gasteiger partial charge in [-0.05, 0) is 57.6 Å². The lowest BCUT2D eigenvalue weighted by Gasteiger charge is -2.19. The van der Waals surface area contributed by atoms with Crippen molar-refractivity contribution in [1.29, 1.82) is 0 Å². The SMILES string of the molecule is CCN(CC)CCCC(C)NC(=O)c1cc(-c2ccccc2F)n2nc(-c3ccccc3)cc2n1. The molecule has 4 aromatic rings. The second-order valence-electron chi connectivity index (χ2n) is 8.72. The first-order chi connectivity index (χ1) is 17.0. The van der Waals surface area contributed by atoms with E-state index in [4.69, 9.17) is 0 Å². The first-order valence-electron chi connectivity index (χ1n) is 12.2. The molecule has 0 saturated carbocycles. The van der Waals surface area contributed by atoms with Crippen LogP contribution in [-0.4, -0.2) is 51.1 Å². The second kappa shape index (κ2) is 11.2. The van der Waals surface area contributed by atoms with Gasteiger partial charge in [0.1, 0.15) is 11.5 Å². The Hall–Kier alpha value is -3.58. The molecule has 7 heteroatoms. The van der Waals surface area contributed by atoms with Crippen molar-refractivity contribution in [2.75, 3.05) is 19.6 Å².